The van der Waals surface area contributed by atoms with E-state index in [2.05, 4.69) is 22.3 Å². The first kappa shape index (κ1) is 20.1. The molecule has 0 bridgehead atoms. The van der Waals surface area contributed by atoms with Gasteiger partial charge in [0.25, 0.3) is 5.91 Å². The number of anilines is 1. The van der Waals surface area contributed by atoms with Gasteiger partial charge in [0.2, 0.25) is 0 Å². The van der Waals surface area contributed by atoms with Crippen LogP contribution in [0.25, 0.3) is 11.3 Å². The van der Waals surface area contributed by atoms with E-state index in [1.165, 1.54) is 19.2 Å². The van der Waals surface area contributed by atoms with Gasteiger partial charge in [-0.1, -0.05) is 12.1 Å². The lowest BCUT2D eigenvalue weighted by atomic mass is 10.1. The van der Waals surface area contributed by atoms with Crippen LogP contribution in [0.3, 0.4) is 0 Å². The summed E-state index contributed by atoms with van der Waals surface area (Å²) in [6, 6.07) is 4.42. The van der Waals surface area contributed by atoms with Crippen LogP contribution in [0.2, 0.25) is 0 Å². The number of nitrogens with zero attached hydrogens (tertiary/aromatic N) is 3. The summed E-state index contributed by atoms with van der Waals surface area (Å²) < 4.78 is 24.3. The van der Waals surface area contributed by atoms with Crippen molar-refractivity contribution < 1.29 is 18.4 Å². The Labute approximate surface area is 164 Å². The molecule has 1 atom stereocenters. The SMILES string of the molecule is CCCN1CCC(NC(=O)c2c(N(C)C)noc2-c2ccc(F)c(OC)c2)C1. The van der Waals surface area contributed by atoms with Gasteiger partial charge in [0.05, 0.1) is 7.11 Å². The highest BCUT2D eigenvalue weighted by Crippen LogP contribution is 2.33. The molecule has 1 saturated heterocycles. The minimum Gasteiger partial charge on any atom is -0.494 e. The molecule has 7 nitrogen and oxygen atoms in total. The molecule has 1 unspecified atom stereocenters. The average molecular weight is 390 g/mol. The van der Waals surface area contributed by atoms with E-state index in [9.17, 15) is 9.18 Å². The fourth-order valence-corrected chi connectivity index (χ4v) is 3.52. The molecule has 0 spiro atoms. The van der Waals surface area contributed by atoms with Crippen molar-refractivity contribution in [1.82, 2.24) is 15.4 Å². The Morgan fingerprint density at radius 2 is 2.25 bits per heavy atom. The first-order chi connectivity index (χ1) is 13.4. The van der Waals surface area contributed by atoms with E-state index in [1.54, 1.807) is 25.1 Å². The quantitative estimate of drug-likeness (QED) is 0.784. The number of amides is 1. The van der Waals surface area contributed by atoms with Crippen molar-refractivity contribution in [2.24, 2.45) is 0 Å². The van der Waals surface area contributed by atoms with Crippen molar-refractivity contribution in [3.8, 4) is 17.1 Å². The predicted molar refractivity (Wildman–Crippen MR) is 105 cm³/mol. The van der Waals surface area contributed by atoms with Gasteiger partial charge in [-0.3, -0.25) is 4.79 Å². The first-order valence-corrected chi connectivity index (χ1v) is 9.48. The molecule has 1 aliphatic heterocycles. The first-order valence-electron chi connectivity index (χ1n) is 9.48. The minimum absolute atomic E-state index is 0.0812. The van der Waals surface area contributed by atoms with E-state index in [0.29, 0.717) is 22.7 Å². The summed E-state index contributed by atoms with van der Waals surface area (Å²) in [7, 11) is 4.98. The summed E-state index contributed by atoms with van der Waals surface area (Å²) in [4.78, 5) is 17.2. The van der Waals surface area contributed by atoms with Crippen LogP contribution in [0, 0.1) is 5.82 Å². The van der Waals surface area contributed by atoms with Crippen LogP contribution >= 0.6 is 0 Å². The van der Waals surface area contributed by atoms with Gasteiger partial charge >= 0.3 is 0 Å². The second-order valence-corrected chi connectivity index (χ2v) is 7.21. The number of aromatic nitrogens is 1. The van der Waals surface area contributed by atoms with Gasteiger partial charge in [-0.05, 0) is 37.6 Å². The molecule has 1 N–H and O–H groups in total. The fourth-order valence-electron chi connectivity index (χ4n) is 3.52. The van der Waals surface area contributed by atoms with Crippen LogP contribution < -0.4 is 15.0 Å². The zero-order valence-corrected chi connectivity index (χ0v) is 16.8. The van der Waals surface area contributed by atoms with E-state index < -0.39 is 5.82 Å². The molecule has 0 saturated carbocycles. The molecule has 2 aromatic rings. The number of likely N-dealkylation sites (tertiary alicyclic amines) is 1. The summed E-state index contributed by atoms with van der Waals surface area (Å²) in [5.41, 5.74) is 0.871. The second-order valence-electron chi connectivity index (χ2n) is 7.21. The third-order valence-electron chi connectivity index (χ3n) is 4.89. The lowest BCUT2D eigenvalue weighted by Crippen LogP contribution is -2.37. The Balaban J connectivity index is 1.89. The monoisotopic (exact) mass is 390 g/mol. The van der Waals surface area contributed by atoms with Gasteiger partial charge in [0, 0.05) is 38.8 Å². The molecular formula is C20H27FN4O3. The Morgan fingerprint density at radius 3 is 2.93 bits per heavy atom. The maximum absolute atomic E-state index is 13.8. The standard InChI is InChI=1S/C20H27FN4O3/c1-5-9-25-10-8-14(12-25)22-20(26)17-18(28-23-19(17)24(2)3)13-6-7-15(21)16(11-13)27-4/h6-7,11,14H,5,8-10,12H2,1-4H3,(H,22,26). The zero-order chi connectivity index (χ0) is 20.3. The minimum atomic E-state index is -0.480. The van der Waals surface area contributed by atoms with Gasteiger partial charge in [-0.15, -0.1) is 0 Å². The molecule has 1 amide bonds. The number of benzene rings is 1. The number of nitrogens with one attached hydrogen (secondary N) is 1. The van der Waals surface area contributed by atoms with Crippen LogP contribution in [0.4, 0.5) is 10.2 Å². The lowest BCUT2D eigenvalue weighted by Gasteiger charge is -2.17. The Kier molecular flexibility index (Phi) is 6.18. The molecule has 0 radical (unpaired) electrons. The third kappa shape index (κ3) is 4.11. The molecule has 1 fully saturated rings. The van der Waals surface area contributed by atoms with E-state index in [-0.39, 0.29) is 17.7 Å². The molecule has 28 heavy (non-hydrogen) atoms. The maximum atomic E-state index is 13.8. The molecule has 152 valence electrons. The number of ether oxygens (including phenoxy) is 1. The number of hydrogen-bond donors (Lipinski definition) is 1. The summed E-state index contributed by atoms with van der Waals surface area (Å²) in [6.07, 6.45) is 2.00. The number of halogens is 1. The average Bonchev–Trinajstić information content (AvgIpc) is 3.29. The van der Waals surface area contributed by atoms with Gasteiger partial charge in [0.15, 0.2) is 23.1 Å². The van der Waals surface area contributed by atoms with Crippen molar-refractivity contribution in [3.05, 3.63) is 29.6 Å². The number of carbonyl (C=O) groups is 1. The topological polar surface area (TPSA) is 70.8 Å². The Hall–Kier alpha value is -2.61. The fraction of sp³-hybridized carbons (Fsp3) is 0.500. The number of methoxy groups -OCH3 is 1. The predicted octanol–water partition coefficient (Wildman–Crippen LogP) is 2.77. The van der Waals surface area contributed by atoms with Crippen LogP contribution in [0.1, 0.15) is 30.1 Å². The van der Waals surface area contributed by atoms with Gasteiger partial charge in [-0.2, -0.15) is 0 Å². The van der Waals surface area contributed by atoms with Gasteiger partial charge in [-0.25, -0.2) is 4.39 Å². The lowest BCUT2D eigenvalue weighted by molar-refractivity contribution is 0.0938. The van der Waals surface area contributed by atoms with E-state index >= 15 is 0 Å². The molecule has 1 aromatic carbocycles. The summed E-state index contributed by atoms with van der Waals surface area (Å²) >= 11 is 0. The molecule has 0 aliphatic carbocycles. The summed E-state index contributed by atoms with van der Waals surface area (Å²) in [6.45, 7) is 4.99. The van der Waals surface area contributed by atoms with Gasteiger partial charge in [0.1, 0.15) is 5.56 Å². The molecular weight excluding hydrogens is 363 g/mol. The highest BCUT2D eigenvalue weighted by atomic mass is 19.1. The molecule has 2 heterocycles. The van der Waals surface area contributed by atoms with Crippen molar-refractivity contribution >= 4 is 11.7 Å². The molecule has 1 aromatic heterocycles. The van der Waals surface area contributed by atoms with Crippen LogP contribution in [0.15, 0.2) is 22.7 Å². The van der Waals surface area contributed by atoms with Crippen molar-refractivity contribution in [3.63, 3.8) is 0 Å². The van der Waals surface area contributed by atoms with E-state index in [0.717, 1.165) is 32.5 Å². The van der Waals surface area contributed by atoms with Gasteiger partial charge < -0.3 is 24.4 Å². The molecule has 1 aliphatic rings. The second kappa shape index (κ2) is 8.60. The summed E-state index contributed by atoms with van der Waals surface area (Å²) in [5, 5.41) is 7.16. The van der Waals surface area contributed by atoms with Crippen molar-refractivity contribution in [2.45, 2.75) is 25.8 Å². The van der Waals surface area contributed by atoms with Crippen LogP contribution in [-0.2, 0) is 0 Å². The highest BCUT2D eigenvalue weighted by Gasteiger charge is 2.30. The normalized spacial score (nSPS) is 17.0. The van der Waals surface area contributed by atoms with Crippen LogP contribution in [-0.4, -0.2) is 62.8 Å². The zero-order valence-electron chi connectivity index (χ0n) is 16.8. The Bertz CT molecular complexity index is 837. The third-order valence-corrected chi connectivity index (χ3v) is 4.89. The summed E-state index contributed by atoms with van der Waals surface area (Å²) in [5.74, 6) is 0.0814. The number of hydrogen-bond acceptors (Lipinski definition) is 6. The van der Waals surface area contributed by atoms with E-state index in [1.807, 2.05) is 0 Å². The van der Waals surface area contributed by atoms with Crippen molar-refractivity contribution in [1.29, 1.82) is 0 Å². The molecule has 8 heteroatoms. The Morgan fingerprint density at radius 1 is 1.46 bits per heavy atom. The largest absolute Gasteiger partial charge is 0.494 e. The van der Waals surface area contributed by atoms with E-state index in [4.69, 9.17) is 9.26 Å². The smallest absolute Gasteiger partial charge is 0.259 e. The molecule has 3 rings (SSSR count). The van der Waals surface area contributed by atoms with Crippen LogP contribution in [0.5, 0.6) is 5.75 Å². The maximum Gasteiger partial charge on any atom is 0.259 e. The highest BCUT2D eigenvalue weighted by molar-refractivity contribution is 6.04. The number of rotatable bonds is 7. The number of carbonyl (C=O) groups excluding carboxylic acids is 1. The van der Waals surface area contributed by atoms with Crippen molar-refractivity contribution in [2.75, 3.05) is 45.7 Å².